The van der Waals surface area contributed by atoms with Crippen molar-refractivity contribution < 1.29 is 9.47 Å². The van der Waals surface area contributed by atoms with E-state index < -0.39 is 0 Å². The summed E-state index contributed by atoms with van der Waals surface area (Å²) < 4.78 is 11.0. The molecule has 0 bridgehead atoms. The third-order valence-electron chi connectivity index (χ3n) is 3.96. The summed E-state index contributed by atoms with van der Waals surface area (Å²) in [5, 5.41) is 3.47. The lowest BCUT2D eigenvalue weighted by Gasteiger charge is -2.18. The summed E-state index contributed by atoms with van der Waals surface area (Å²) in [6.07, 6.45) is 3.79. The monoisotopic (exact) mass is 291 g/mol. The van der Waals surface area contributed by atoms with Crippen LogP contribution in [0.25, 0.3) is 0 Å². The number of hydrogen-bond donors (Lipinski definition) is 1. The first-order chi connectivity index (χ1) is 10.3. The predicted octanol–water partition coefficient (Wildman–Crippen LogP) is 2.82. The van der Waals surface area contributed by atoms with Gasteiger partial charge in [-0.1, -0.05) is 29.8 Å². The Labute approximate surface area is 129 Å². The van der Waals surface area contributed by atoms with E-state index in [9.17, 15) is 0 Å². The van der Waals surface area contributed by atoms with Gasteiger partial charge in [0.15, 0.2) is 0 Å². The molecule has 0 radical (unpaired) electrons. The van der Waals surface area contributed by atoms with Crippen molar-refractivity contribution in [2.75, 3.05) is 40.0 Å². The fourth-order valence-electron chi connectivity index (χ4n) is 2.41. The van der Waals surface area contributed by atoms with Gasteiger partial charge in [0.1, 0.15) is 0 Å². The van der Waals surface area contributed by atoms with E-state index in [1.165, 1.54) is 24.0 Å². The number of methoxy groups -OCH3 is 1. The standard InChI is InChI=1S/C18H29NO2/c1-15-3-5-16(6-4-15)11-18(12-19-9-10-20-2)14-21-13-17-7-8-17/h3-6,17-19H,7-14H2,1-2H3. The maximum Gasteiger partial charge on any atom is 0.0587 e. The van der Waals surface area contributed by atoms with Crippen LogP contribution in [0.2, 0.25) is 0 Å². The summed E-state index contributed by atoms with van der Waals surface area (Å²) in [6.45, 7) is 6.59. The van der Waals surface area contributed by atoms with E-state index in [-0.39, 0.29) is 0 Å². The van der Waals surface area contributed by atoms with Crippen molar-refractivity contribution >= 4 is 0 Å². The second-order valence-corrected chi connectivity index (χ2v) is 6.23. The molecule has 1 N–H and O–H groups in total. The van der Waals surface area contributed by atoms with Crippen LogP contribution in [0, 0.1) is 18.8 Å². The molecule has 1 aliphatic rings. The lowest BCUT2D eigenvalue weighted by atomic mass is 9.99. The van der Waals surface area contributed by atoms with Crippen molar-refractivity contribution in [2.24, 2.45) is 11.8 Å². The highest BCUT2D eigenvalue weighted by atomic mass is 16.5. The van der Waals surface area contributed by atoms with Gasteiger partial charge in [-0.3, -0.25) is 0 Å². The quantitative estimate of drug-likeness (QED) is 0.636. The van der Waals surface area contributed by atoms with E-state index in [2.05, 4.69) is 36.5 Å². The molecule has 3 heteroatoms. The average molecular weight is 291 g/mol. The lowest BCUT2D eigenvalue weighted by molar-refractivity contribution is 0.0898. The molecule has 1 fully saturated rings. The first kappa shape index (κ1) is 16.5. The molecule has 118 valence electrons. The lowest BCUT2D eigenvalue weighted by Crippen LogP contribution is -2.30. The van der Waals surface area contributed by atoms with Crippen LogP contribution in [0.3, 0.4) is 0 Å². The Kier molecular flexibility index (Phi) is 7.20. The van der Waals surface area contributed by atoms with Gasteiger partial charge in [-0.2, -0.15) is 0 Å². The zero-order chi connectivity index (χ0) is 14.9. The first-order valence-electron chi connectivity index (χ1n) is 8.11. The van der Waals surface area contributed by atoms with Gasteiger partial charge in [0.2, 0.25) is 0 Å². The van der Waals surface area contributed by atoms with Gasteiger partial charge in [-0.05, 0) is 43.6 Å². The van der Waals surface area contributed by atoms with Crippen LogP contribution in [0.4, 0.5) is 0 Å². The van der Waals surface area contributed by atoms with Gasteiger partial charge in [-0.25, -0.2) is 0 Å². The average Bonchev–Trinajstić information content (AvgIpc) is 3.30. The molecule has 0 aliphatic heterocycles. The van der Waals surface area contributed by atoms with Gasteiger partial charge in [0.05, 0.1) is 13.2 Å². The van der Waals surface area contributed by atoms with Gasteiger partial charge >= 0.3 is 0 Å². The minimum Gasteiger partial charge on any atom is -0.383 e. The highest BCUT2D eigenvalue weighted by Crippen LogP contribution is 2.29. The number of hydrogen-bond acceptors (Lipinski definition) is 3. The number of nitrogens with one attached hydrogen (secondary N) is 1. The predicted molar refractivity (Wildman–Crippen MR) is 86.7 cm³/mol. The van der Waals surface area contributed by atoms with Gasteiger partial charge < -0.3 is 14.8 Å². The Morgan fingerprint density at radius 3 is 2.67 bits per heavy atom. The summed E-state index contributed by atoms with van der Waals surface area (Å²) in [6, 6.07) is 8.85. The van der Waals surface area contributed by atoms with Crippen LogP contribution in [0.15, 0.2) is 24.3 Å². The van der Waals surface area contributed by atoms with Crippen molar-refractivity contribution in [3.63, 3.8) is 0 Å². The second-order valence-electron chi connectivity index (χ2n) is 6.23. The van der Waals surface area contributed by atoms with Gasteiger partial charge in [0, 0.05) is 26.8 Å². The van der Waals surface area contributed by atoms with Crippen LogP contribution in [0.5, 0.6) is 0 Å². The Bertz CT molecular complexity index is 387. The molecule has 0 aromatic heterocycles. The first-order valence-corrected chi connectivity index (χ1v) is 8.11. The normalized spacial score (nSPS) is 16.1. The molecule has 1 aromatic rings. The topological polar surface area (TPSA) is 30.5 Å². The SMILES string of the molecule is COCCNCC(COCC1CC1)Cc1ccc(C)cc1. The van der Waals surface area contributed by atoms with Crippen LogP contribution < -0.4 is 5.32 Å². The van der Waals surface area contributed by atoms with Crippen molar-refractivity contribution in [3.8, 4) is 0 Å². The van der Waals surface area contributed by atoms with Crippen LogP contribution in [0.1, 0.15) is 24.0 Å². The smallest absolute Gasteiger partial charge is 0.0587 e. The minimum absolute atomic E-state index is 0.531. The highest BCUT2D eigenvalue weighted by Gasteiger charge is 2.21. The molecule has 21 heavy (non-hydrogen) atoms. The third-order valence-corrected chi connectivity index (χ3v) is 3.96. The molecule has 2 rings (SSSR count). The summed E-state index contributed by atoms with van der Waals surface area (Å²) in [4.78, 5) is 0. The van der Waals surface area contributed by atoms with Crippen molar-refractivity contribution in [1.82, 2.24) is 5.32 Å². The highest BCUT2D eigenvalue weighted by molar-refractivity contribution is 5.21. The summed E-state index contributed by atoms with van der Waals surface area (Å²) in [7, 11) is 1.74. The summed E-state index contributed by atoms with van der Waals surface area (Å²) in [5.41, 5.74) is 2.72. The fraction of sp³-hybridized carbons (Fsp3) is 0.667. The van der Waals surface area contributed by atoms with E-state index in [1.54, 1.807) is 7.11 Å². The number of ether oxygens (including phenoxy) is 2. The van der Waals surface area contributed by atoms with Crippen molar-refractivity contribution in [1.29, 1.82) is 0 Å². The van der Waals surface area contributed by atoms with Gasteiger partial charge in [0.25, 0.3) is 0 Å². The minimum atomic E-state index is 0.531. The largest absolute Gasteiger partial charge is 0.383 e. The molecular weight excluding hydrogens is 262 g/mol. The zero-order valence-corrected chi connectivity index (χ0v) is 13.4. The zero-order valence-electron chi connectivity index (χ0n) is 13.4. The van der Waals surface area contributed by atoms with E-state index >= 15 is 0 Å². The van der Waals surface area contributed by atoms with Crippen LogP contribution in [-0.4, -0.2) is 40.0 Å². The van der Waals surface area contributed by atoms with E-state index in [0.717, 1.165) is 45.2 Å². The molecule has 1 aromatic carbocycles. The molecule has 0 amide bonds. The second kappa shape index (κ2) is 9.19. The molecule has 1 saturated carbocycles. The Morgan fingerprint density at radius 2 is 2.00 bits per heavy atom. The molecular formula is C18H29NO2. The number of rotatable bonds is 11. The molecule has 1 unspecified atom stereocenters. The third kappa shape index (κ3) is 7.07. The Hall–Kier alpha value is -0.900. The molecule has 0 spiro atoms. The van der Waals surface area contributed by atoms with E-state index in [4.69, 9.17) is 9.47 Å². The van der Waals surface area contributed by atoms with Crippen LogP contribution in [-0.2, 0) is 15.9 Å². The Balaban J connectivity index is 1.75. The number of aryl methyl sites for hydroxylation is 1. The molecule has 1 atom stereocenters. The molecule has 3 nitrogen and oxygen atoms in total. The maximum atomic E-state index is 5.90. The fourth-order valence-corrected chi connectivity index (χ4v) is 2.41. The van der Waals surface area contributed by atoms with Crippen molar-refractivity contribution in [3.05, 3.63) is 35.4 Å². The molecule has 0 saturated heterocycles. The summed E-state index contributed by atoms with van der Waals surface area (Å²) in [5.74, 6) is 1.37. The Morgan fingerprint density at radius 1 is 1.24 bits per heavy atom. The van der Waals surface area contributed by atoms with Crippen LogP contribution >= 0.6 is 0 Å². The van der Waals surface area contributed by atoms with Gasteiger partial charge in [-0.15, -0.1) is 0 Å². The number of benzene rings is 1. The molecule has 1 aliphatic carbocycles. The van der Waals surface area contributed by atoms with Crippen molar-refractivity contribution in [2.45, 2.75) is 26.2 Å². The summed E-state index contributed by atoms with van der Waals surface area (Å²) >= 11 is 0. The maximum absolute atomic E-state index is 5.90. The van der Waals surface area contributed by atoms with E-state index in [1.807, 2.05) is 0 Å². The molecule has 0 heterocycles. The van der Waals surface area contributed by atoms with E-state index in [0.29, 0.717) is 5.92 Å².